The normalized spacial score (nSPS) is 31.1. The minimum Gasteiger partial charge on any atom is -0.435 e. The zero-order valence-electron chi connectivity index (χ0n) is 11.6. The molecule has 1 unspecified atom stereocenters. The number of likely N-dealkylation sites (tertiary alicyclic amines) is 1. The first-order valence-corrected chi connectivity index (χ1v) is 7.30. The second-order valence-electron chi connectivity index (χ2n) is 5.50. The molecule has 1 aromatic rings. The molecule has 1 aliphatic heterocycles. The van der Waals surface area contributed by atoms with E-state index in [9.17, 15) is 14.7 Å². The van der Waals surface area contributed by atoms with Crippen LogP contribution in [-0.4, -0.2) is 49.5 Å². The monoisotopic (exact) mass is 298 g/mol. The average molecular weight is 298 g/mol. The topological polar surface area (TPSA) is 72.2 Å². The van der Waals surface area contributed by atoms with Crippen LogP contribution in [0.15, 0.2) is 18.7 Å². The summed E-state index contributed by atoms with van der Waals surface area (Å²) in [5, 5.41) is 9.67. The molecule has 2 amide bonds. The molecule has 4 atom stereocenters. The molecule has 2 heterocycles. The number of carbonyl (C=O) groups excluding carboxylic acids is 1. The molecule has 6 nitrogen and oxygen atoms in total. The Morgan fingerprint density at radius 2 is 2.30 bits per heavy atom. The van der Waals surface area contributed by atoms with Crippen LogP contribution < -0.4 is 0 Å². The summed E-state index contributed by atoms with van der Waals surface area (Å²) >= 11 is 4.13. The van der Waals surface area contributed by atoms with Crippen LogP contribution in [0.5, 0.6) is 0 Å². The summed E-state index contributed by atoms with van der Waals surface area (Å²) in [7, 11) is 0. The summed E-state index contributed by atoms with van der Waals surface area (Å²) in [4.78, 5) is 28.4. The third-order valence-electron chi connectivity index (χ3n) is 4.24. The average Bonchev–Trinajstić information content (AvgIpc) is 3.04. The van der Waals surface area contributed by atoms with E-state index >= 15 is 0 Å². The second-order valence-corrected chi connectivity index (χ2v) is 5.87. The van der Waals surface area contributed by atoms with Crippen molar-refractivity contribution >= 4 is 24.6 Å². The number of nitrogens with zero attached hydrogens (tertiary/aromatic N) is 3. The van der Waals surface area contributed by atoms with Crippen LogP contribution in [0.3, 0.4) is 0 Å². The Labute approximate surface area is 123 Å². The first-order chi connectivity index (χ1) is 9.43. The highest BCUT2D eigenvalue weighted by Gasteiger charge is 2.57. The van der Waals surface area contributed by atoms with E-state index in [1.54, 1.807) is 19.4 Å². The van der Waals surface area contributed by atoms with E-state index in [1.165, 1.54) is 0 Å². The quantitative estimate of drug-likeness (QED) is 0.659. The van der Waals surface area contributed by atoms with Crippen LogP contribution in [0.1, 0.15) is 26.3 Å². The minimum atomic E-state index is -1.07. The summed E-state index contributed by atoms with van der Waals surface area (Å²) in [6, 6.07) is -0.269. The van der Waals surface area contributed by atoms with Crippen molar-refractivity contribution in [3.63, 3.8) is 0 Å². The molecule has 7 heteroatoms. The highest BCUT2D eigenvalue weighted by atomic mass is 32.1. The van der Waals surface area contributed by atoms with Gasteiger partial charge in [0, 0.05) is 24.6 Å². The van der Waals surface area contributed by atoms with Crippen LogP contribution >= 0.6 is 12.6 Å². The maximum atomic E-state index is 12.6. The first-order valence-electron chi connectivity index (χ1n) is 6.67. The molecule has 20 heavy (non-hydrogen) atoms. The summed E-state index contributed by atoms with van der Waals surface area (Å²) in [6.45, 7) is 3.83. The van der Waals surface area contributed by atoms with E-state index in [2.05, 4.69) is 17.6 Å². The van der Waals surface area contributed by atoms with Gasteiger partial charge >= 0.3 is 12.0 Å². The molecule has 0 spiro atoms. The van der Waals surface area contributed by atoms with Gasteiger partial charge in [-0.1, -0.05) is 0 Å². The van der Waals surface area contributed by atoms with Gasteiger partial charge < -0.3 is 9.67 Å². The van der Waals surface area contributed by atoms with E-state index in [1.807, 2.05) is 17.7 Å². The Hall–Kier alpha value is -1.34. The predicted octanol–water partition coefficient (Wildman–Crippen LogP) is 1.80. The maximum absolute atomic E-state index is 12.6. The van der Waals surface area contributed by atoms with E-state index < -0.39 is 10.6 Å². The lowest BCUT2D eigenvalue weighted by molar-refractivity contribution is -0.795. The smallest absolute Gasteiger partial charge is 0.435 e. The number of carbonyl (C=O) groups is 2. The number of imide groups is 1. The van der Waals surface area contributed by atoms with Gasteiger partial charge in [0.05, 0.1) is 18.3 Å². The van der Waals surface area contributed by atoms with E-state index in [0.29, 0.717) is 12.2 Å². The fourth-order valence-corrected chi connectivity index (χ4v) is 3.16. The third kappa shape index (κ3) is 2.25. The van der Waals surface area contributed by atoms with Crippen LogP contribution in [0.4, 0.5) is 4.79 Å². The molecule has 0 aromatic carbocycles. The highest BCUT2D eigenvalue weighted by Crippen LogP contribution is 2.36. The number of aromatic nitrogens is 2. The number of hydrogen-bond donors (Lipinski definition) is 2. The van der Waals surface area contributed by atoms with Crippen molar-refractivity contribution in [3.8, 4) is 0 Å². The summed E-state index contributed by atoms with van der Waals surface area (Å²) < 4.78 is 1.38. The van der Waals surface area contributed by atoms with Gasteiger partial charge in [-0.2, -0.15) is 21.9 Å². The lowest BCUT2D eigenvalue weighted by Crippen LogP contribution is -2.60. The van der Waals surface area contributed by atoms with Crippen molar-refractivity contribution in [1.29, 1.82) is 0 Å². The zero-order chi connectivity index (χ0) is 14.9. The molecule has 1 fully saturated rings. The predicted molar refractivity (Wildman–Crippen MR) is 76.5 cm³/mol. The Morgan fingerprint density at radius 1 is 1.60 bits per heavy atom. The third-order valence-corrected chi connectivity index (χ3v) is 4.79. The number of thiol groups is 1. The molecule has 0 saturated carbocycles. The molecule has 2 rings (SSSR count). The molecular formula is C13H20N3O3S+. The van der Waals surface area contributed by atoms with Gasteiger partial charge in [-0.15, -0.1) is 0 Å². The van der Waals surface area contributed by atoms with Gasteiger partial charge in [0.25, 0.3) is 0 Å². The molecule has 0 bridgehead atoms. The summed E-state index contributed by atoms with van der Waals surface area (Å²) in [5.74, 6) is -0.282. The van der Waals surface area contributed by atoms with Gasteiger partial charge in [0.15, 0.2) is 0 Å². The van der Waals surface area contributed by atoms with Gasteiger partial charge in [-0.25, -0.2) is 9.78 Å². The standard InChI is InChI=1S/C13H19N3O3S/c1-9(7-20)12(17)16(13(18)19)6-11(5-10(16)2)15-4-3-14-8-15/h3-4,8-11H,5-7H2,1-2H3,(H-,18,19,20)/p+1/t9?,10-,11+,16+/m1/s1. The van der Waals surface area contributed by atoms with Gasteiger partial charge in [0.2, 0.25) is 0 Å². The van der Waals surface area contributed by atoms with E-state index in [0.717, 1.165) is 0 Å². The second kappa shape index (κ2) is 5.57. The number of quaternary nitrogens is 1. The Kier molecular flexibility index (Phi) is 4.19. The number of carboxylic acid groups (broad SMARTS) is 1. The highest BCUT2D eigenvalue weighted by molar-refractivity contribution is 7.80. The fourth-order valence-electron chi connectivity index (χ4n) is 3.00. The molecule has 1 saturated heterocycles. The number of hydrogen-bond acceptors (Lipinski definition) is 4. The maximum Gasteiger partial charge on any atom is 0.521 e. The van der Waals surface area contributed by atoms with Crippen molar-refractivity contribution in [1.82, 2.24) is 9.55 Å². The Bertz CT molecular complexity index is 505. The van der Waals surface area contributed by atoms with Crippen LogP contribution in [0.2, 0.25) is 0 Å². The van der Waals surface area contributed by atoms with E-state index in [-0.39, 0.29) is 30.5 Å². The lowest BCUT2D eigenvalue weighted by Gasteiger charge is -2.31. The molecule has 1 aliphatic rings. The Balaban J connectivity index is 2.34. The number of rotatable bonds is 3. The van der Waals surface area contributed by atoms with Crippen molar-refractivity contribution < 1.29 is 19.2 Å². The molecule has 1 N–H and O–H groups in total. The molecule has 110 valence electrons. The fraction of sp³-hybridized carbons (Fsp3) is 0.615. The molecule has 0 aliphatic carbocycles. The zero-order valence-corrected chi connectivity index (χ0v) is 12.5. The van der Waals surface area contributed by atoms with Gasteiger partial charge in [-0.3, -0.25) is 0 Å². The summed E-state index contributed by atoms with van der Waals surface area (Å²) in [6.07, 6.45) is 4.72. The number of imidazole rings is 1. The van der Waals surface area contributed by atoms with Crippen molar-refractivity contribution in [2.45, 2.75) is 32.4 Å². The molecular weight excluding hydrogens is 278 g/mol. The first kappa shape index (κ1) is 15.1. The lowest BCUT2D eigenvalue weighted by atomic mass is 10.1. The van der Waals surface area contributed by atoms with Crippen molar-refractivity contribution in [2.75, 3.05) is 12.3 Å². The van der Waals surface area contributed by atoms with Crippen LogP contribution in [-0.2, 0) is 4.79 Å². The van der Waals surface area contributed by atoms with Crippen LogP contribution in [0, 0.1) is 5.92 Å². The van der Waals surface area contributed by atoms with Crippen molar-refractivity contribution in [3.05, 3.63) is 18.7 Å². The summed E-state index contributed by atoms with van der Waals surface area (Å²) in [5.41, 5.74) is 0. The van der Waals surface area contributed by atoms with Gasteiger partial charge in [-0.05, 0) is 13.8 Å². The van der Waals surface area contributed by atoms with Crippen LogP contribution in [0.25, 0.3) is 0 Å². The SMILES string of the molecule is CC(CS)C(=O)[N@+]1(C(=O)O)C[C@@H](n2ccnc2)C[C@H]1C. The number of amides is 2. The van der Waals surface area contributed by atoms with E-state index in [4.69, 9.17) is 0 Å². The van der Waals surface area contributed by atoms with Gasteiger partial charge in [0.1, 0.15) is 12.6 Å². The minimum absolute atomic E-state index is 0.0142. The Morgan fingerprint density at radius 3 is 2.80 bits per heavy atom. The van der Waals surface area contributed by atoms with Crippen molar-refractivity contribution in [2.24, 2.45) is 5.92 Å². The molecule has 1 aromatic heterocycles. The largest absolute Gasteiger partial charge is 0.521 e. The molecule has 0 radical (unpaired) electrons.